The van der Waals surface area contributed by atoms with Gasteiger partial charge >= 0.3 is 0 Å². The van der Waals surface area contributed by atoms with Crippen molar-refractivity contribution >= 4 is 18.0 Å². The molecule has 1 atom stereocenters. The zero-order chi connectivity index (χ0) is 32.1. The fraction of sp³-hybridized carbons (Fsp3) is 0.571. The van der Waals surface area contributed by atoms with E-state index in [1.165, 1.54) is 64.6 Å². The molecule has 0 aromatic heterocycles. The van der Waals surface area contributed by atoms with E-state index in [4.69, 9.17) is 15.6 Å². The summed E-state index contributed by atoms with van der Waals surface area (Å²) in [6, 6.07) is 12.2. The van der Waals surface area contributed by atoms with Gasteiger partial charge in [-0.1, -0.05) is 24.3 Å². The first kappa shape index (κ1) is 32.4. The molecule has 4 aliphatic rings. The summed E-state index contributed by atoms with van der Waals surface area (Å²) >= 11 is 0. The summed E-state index contributed by atoms with van der Waals surface area (Å²) in [7, 11) is 1.44. The number of nitrogens with one attached hydrogen (secondary N) is 2. The Bertz CT molecular complexity index is 1400. The highest BCUT2D eigenvalue weighted by Crippen LogP contribution is 2.34. The Morgan fingerprint density at radius 1 is 1.02 bits per heavy atom. The van der Waals surface area contributed by atoms with E-state index < -0.39 is 23.0 Å². The average Bonchev–Trinajstić information content (AvgIpc) is 3.55. The number of methoxy groups -OCH3 is 1. The molecule has 4 N–H and O–H groups in total. The Kier molecular flexibility index (Phi) is 10.2. The second kappa shape index (κ2) is 14.5. The fourth-order valence-electron chi connectivity index (χ4n) is 7.85. The molecular weight excluding hydrogens is 585 g/mol. The van der Waals surface area contributed by atoms with E-state index in [1.807, 2.05) is 24.3 Å². The number of hydrazone groups is 1. The molecule has 2 amide bonds. The first-order valence-corrected chi connectivity index (χ1v) is 16.8. The number of hydrogen-bond acceptors (Lipinski definition) is 8. The number of hydrogen-bond donors (Lipinski definition) is 3. The van der Waals surface area contributed by atoms with Crippen LogP contribution in [0.1, 0.15) is 60.0 Å². The van der Waals surface area contributed by atoms with Crippen LogP contribution in [0.4, 0.5) is 4.39 Å². The van der Waals surface area contributed by atoms with Gasteiger partial charge in [0.25, 0.3) is 5.91 Å². The van der Waals surface area contributed by atoms with E-state index in [9.17, 15) is 14.0 Å². The number of likely N-dealkylation sites (tertiary alicyclic amines) is 2. The van der Waals surface area contributed by atoms with Crippen LogP contribution in [0.5, 0.6) is 5.75 Å². The summed E-state index contributed by atoms with van der Waals surface area (Å²) in [6.07, 6.45) is 8.76. The molecule has 248 valence electrons. The van der Waals surface area contributed by atoms with Crippen LogP contribution in [0.3, 0.4) is 0 Å². The number of piperidine rings is 3. The van der Waals surface area contributed by atoms with Crippen LogP contribution in [-0.4, -0.2) is 104 Å². The lowest BCUT2D eigenvalue weighted by Crippen LogP contribution is -2.52. The third kappa shape index (κ3) is 7.06. The van der Waals surface area contributed by atoms with Crippen molar-refractivity contribution in [1.82, 2.24) is 25.4 Å². The van der Waals surface area contributed by atoms with Gasteiger partial charge < -0.3 is 30.9 Å². The number of rotatable bonds is 10. The van der Waals surface area contributed by atoms with Gasteiger partial charge in [-0.3, -0.25) is 14.6 Å². The molecule has 46 heavy (non-hydrogen) atoms. The highest BCUT2D eigenvalue weighted by Gasteiger charge is 2.46. The van der Waals surface area contributed by atoms with Crippen LogP contribution in [0.2, 0.25) is 0 Å². The first-order chi connectivity index (χ1) is 22.4. The van der Waals surface area contributed by atoms with E-state index in [1.54, 1.807) is 6.21 Å². The second-order valence-electron chi connectivity index (χ2n) is 13.4. The van der Waals surface area contributed by atoms with Crippen LogP contribution < -0.4 is 21.1 Å². The lowest BCUT2D eigenvalue weighted by molar-refractivity contribution is -0.121. The standard InChI is InChI=1S/C35H48FN7O3/c1-46-32-7-6-27(36)20-30(32)33(44)39-21-26-4-2-3-5-31(26)35(34(37)45)23-40-43(24-35)29-12-18-42(19-13-29)28-10-16-41(17-11-28)22-25-8-14-38-15-9-25/h2-7,20,23,25,28-29,38H,8-19,21-22,24H2,1H3,(H2,37,45)(H,39,44). The topological polar surface area (TPSA) is 116 Å². The van der Waals surface area contributed by atoms with Crippen LogP contribution in [0.15, 0.2) is 47.6 Å². The number of ether oxygens (including phenoxy) is 1. The summed E-state index contributed by atoms with van der Waals surface area (Å²) in [6.45, 7) is 8.53. The van der Waals surface area contributed by atoms with Crippen LogP contribution in [0.25, 0.3) is 0 Å². The predicted molar refractivity (Wildman–Crippen MR) is 176 cm³/mol. The maximum absolute atomic E-state index is 13.9. The monoisotopic (exact) mass is 633 g/mol. The van der Waals surface area contributed by atoms with Crippen molar-refractivity contribution in [2.45, 2.75) is 62.6 Å². The second-order valence-corrected chi connectivity index (χ2v) is 13.4. The number of halogens is 1. The molecule has 4 aliphatic heterocycles. The third-order valence-electron chi connectivity index (χ3n) is 10.6. The normalized spacial score (nSPS) is 23.9. The van der Waals surface area contributed by atoms with Crippen molar-refractivity contribution in [3.8, 4) is 5.75 Å². The van der Waals surface area contributed by atoms with E-state index in [2.05, 4.69) is 25.4 Å². The first-order valence-electron chi connectivity index (χ1n) is 16.8. The molecule has 10 nitrogen and oxygen atoms in total. The summed E-state index contributed by atoms with van der Waals surface area (Å²) in [4.78, 5) is 31.5. The van der Waals surface area contributed by atoms with Crippen molar-refractivity contribution in [3.63, 3.8) is 0 Å². The molecule has 6 rings (SSSR count). The van der Waals surface area contributed by atoms with Crippen LogP contribution >= 0.6 is 0 Å². The molecule has 11 heteroatoms. The number of nitrogens with two attached hydrogens (primary N) is 1. The molecule has 4 heterocycles. The largest absolute Gasteiger partial charge is 0.496 e. The van der Waals surface area contributed by atoms with Crippen LogP contribution in [-0.2, 0) is 16.8 Å². The van der Waals surface area contributed by atoms with Gasteiger partial charge in [0.05, 0.1) is 19.2 Å². The van der Waals surface area contributed by atoms with Crippen molar-refractivity contribution in [3.05, 3.63) is 65.0 Å². The van der Waals surface area contributed by atoms with Gasteiger partial charge in [0.15, 0.2) is 0 Å². The maximum atomic E-state index is 13.9. The Morgan fingerprint density at radius 2 is 1.74 bits per heavy atom. The van der Waals surface area contributed by atoms with Crippen molar-refractivity contribution in [1.29, 1.82) is 0 Å². The maximum Gasteiger partial charge on any atom is 0.255 e. The lowest BCUT2D eigenvalue weighted by atomic mass is 9.78. The minimum absolute atomic E-state index is 0.104. The minimum atomic E-state index is -1.11. The van der Waals surface area contributed by atoms with Gasteiger partial charge in [0.1, 0.15) is 17.0 Å². The molecule has 0 saturated carbocycles. The van der Waals surface area contributed by atoms with Crippen molar-refractivity contribution < 1.29 is 18.7 Å². The number of nitrogens with zero attached hydrogens (tertiary/aromatic N) is 4. The average molecular weight is 634 g/mol. The van der Waals surface area contributed by atoms with Gasteiger partial charge in [0, 0.05) is 44.5 Å². The van der Waals surface area contributed by atoms with Gasteiger partial charge in [-0.25, -0.2) is 4.39 Å². The molecule has 3 saturated heterocycles. The van der Waals surface area contributed by atoms with Crippen molar-refractivity contribution in [2.24, 2.45) is 16.8 Å². The fourth-order valence-corrected chi connectivity index (χ4v) is 7.85. The summed E-state index contributed by atoms with van der Waals surface area (Å²) < 4.78 is 19.1. The van der Waals surface area contributed by atoms with E-state index in [0.29, 0.717) is 18.2 Å². The highest BCUT2D eigenvalue weighted by molar-refractivity contribution is 6.05. The van der Waals surface area contributed by atoms with Gasteiger partial charge in [-0.05, 0) is 99.9 Å². The van der Waals surface area contributed by atoms with Gasteiger partial charge in [-0.15, -0.1) is 0 Å². The molecule has 0 spiro atoms. The SMILES string of the molecule is COc1ccc(F)cc1C(=O)NCc1ccccc1C1(C(N)=O)C=NN(C2CCN(C3CCN(CC4CCNCC4)CC3)CC2)C1. The molecule has 2 aromatic carbocycles. The number of carbonyl (C=O) groups excluding carboxylic acids is 2. The molecule has 1 unspecified atom stereocenters. The summed E-state index contributed by atoms with van der Waals surface area (Å²) in [5.74, 6) is -0.348. The smallest absolute Gasteiger partial charge is 0.255 e. The Morgan fingerprint density at radius 3 is 2.46 bits per heavy atom. The zero-order valence-electron chi connectivity index (χ0n) is 26.9. The lowest BCUT2D eigenvalue weighted by Gasteiger charge is -2.44. The zero-order valence-corrected chi connectivity index (χ0v) is 26.9. The summed E-state index contributed by atoms with van der Waals surface area (Å²) in [5, 5.41) is 13.2. The van der Waals surface area contributed by atoms with Crippen molar-refractivity contribution in [2.75, 3.05) is 59.5 Å². The van der Waals surface area contributed by atoms with Gasteiger partial charge in [0.2, 0.25) is 5.91 Å². The predicted octanol–water partition coefficient (Wildman–Crippen LogP) is 2.72. The van der Waals surface area contributed by atoms with E-state index in [-0.39, 0.29) is 23.9 Å². The molecular formula is C35H48FN7O3. The number of primary amides is 1. The van der Waals surface area contributed by atoms with Gasteiger partial charge in [-0.2, -0.15) is 5.10 Å². The molecule has 0 radical (unpaired) electrons. The molecule has 0 aliphatic carbocycles. The highest BCUT2D eigenvalue weighted by atomic mass is 19.1. The van der Waals surface area contributed by atoms with E-state index >= 15 is 0 Å². The van der Waals surface area contributed by atoms with Crippen LogP contribution in [0, 0.1) is 11.7 Å². The van der Waals surface area contributed by atoms with E-state index in [0.717, 1.165) is 56.6 Å². The molecule has 2 aromatic rings. The Labute approximate surface area is 271 Å². The molecule has 3 fully saturated rings. The Balaban J connectivity index is 1.04. The quantitative estimate of drug-likeness (QED) is 0.369. The Hall–Kier alpha value is -3.54. The number of amides is 2. The summed E-state index contributed by atoms with van der Waals surface area (Å²) in [5.41, 5.74) is 6.55. The molecule has 0 bridgehead atoms. The third-order valence-corrected chi connectivity index (χ3v) is 10.6. The number of carbonyl (C=O) groups is 2. The minimum Gasteiger partial charge on any atom is -0.496 e. The number of benzene rings is 2.